The van der Waals surface area contributed by atoms with E-state index in [0.717, 1.165) is 48.3 Å². The molecule has 4 nitrogen and oxygen atoms in total. The van der Waals surface area contributed by atoms with E-state index in [1.54, 1.807) is 12.1 Å². The molecule has 1 N–H and O–H groups in total. The topological polar surface area (TPSA) is 63.6 Å². The second-order valence-electron chi connectivity index (χ2n) is 14.6. The summed E-state index contributed by atoms with van der Waals surface area (Å²) < 4.78 is 5.52. The van der Waals surface area contributed by atoms with Gasteiger partial charge in [0.1, 0.15) is 0 Å². The molecular formula is C35H52O4. The second-order valence-corrected chi connectivity index (χ2v) is 14.6. The average molecular weight is 537 g/mol. The standard InChI is InChI=1S/C35H52O4/c1-23(22-39-33(38)27-14-6-5-13-26(27)32(36)37)10-9-11-24(2)29-17-18-30-28-16-15-25-12-7-8-20-34(25,3)31(28)19-21-35(29,30)4/h5-6,13-14,23-25,28-31H,7-12,15-22H2,1-4H3,(H,36,37)/t23?,24?,25?,28-,29+,30-,31-,34-,35+/m0/s1. The van der Waals surface area contributed by atoms with E-state index >= 15 is 0 Å². The zero-order valence-electron chi connectivity index (χ0n) is 24.9. The third kappa shape index (κ3) is 5.43. The Balaban J connectivity index is 1.10. The molecule has 216 valence electrons. The van der Waals surface area contributed by atoms with E-state index in [1.807, 2.05) is 0 Å². The van der Waals surface area contributed by atoms with Crippen molar-refractivity contribution in [3.05, 3.63) is 35.4 Å². The smallest absolute Gasteiger partial charge is 0.339 e. The van der Waals surface area contributed by atoms with E-state index in [-0.39, 0.29) is 17.0 Å². The maximum atomic E-state index is 12.5. The van der Waals surface area contributed by atoms with Crippen LogP contribution in [0, 0.1) is 52.3 Å². The molecule has 4 fully saturated rings. The van der Waals surface area contributed by atoms with Crippen LogP contribution in [-0.4, -0.2) is 23.7 Å². The molecule has 4 aliphatic rings. The fourth-order valence-electron chi connectivity index (χ4n) is 10.5. The number of hydrogen-bond acceptors (Lipinski definition) is 3. The first-order chi connectivity index (χ1) is 18.6. The molecule has 0 bridgehead atoms. The minimum Gasteiger partial charge on any atom is -0.478 e. The molecule has 0 spiro atoms. The van der Waals surface area contributed by atoms with E-state index in [2.05, 4.69) is 27.7 Å². The number of rotatable bonds is 9. The molecule has 0 saturated heterocycles. The molecule has 4 heteroatoms. The van der Waals surface area contributed by atoms with Crippen LogP contribution in [0.25, 0.3) is 0 Å². The second kappa shape index (κ2) is 11.6. The predicted molar refractivity (Wildman–Crippen MR) is 156 cm³/mol. The van der Waals surface area contributed by atoms with Crippen molar-refractivity contribution in [3.63, 3.8) is 0 Å². The lowest BCUT2D eigenvalue weighted by molar-refractivity contribution is -0.114. The number of carboxylic acid groups (broad SMARTS) is 1. The lowest BCUT2D eigenvalue weighted by Gasteiger charge is -2.61. The molecule has 1 aromatic carbocycles. The van der Waals surface area contributed by atoms with Gasteiger partial charge in [-0.2, -0.15) is 0 Å². The number of ether oxygens (including phenoxy) is 1. The highest BCUT2D eigenvalue weighted by molar-refractivity contribution is 6.02. The van der Waals surface area contributed by atoms with E-state index in [9.17, 15) is 14.7 Å². The van der Waals surface area contributed by atoms with Crippen molar-refractivity contribution in [2.75, 3.05) is 6.61 Å². The van der Waals surface area contributed by atoms with Gasteiger partial charge in [0.2, 0.25) is 0 Å². The summed E-state index contributed by atoms with van der Waals surface area (Å²) >= 11 is 0. The highest BCUT2D eigenvalue weighted by Crippen LogP contribution is 2.68. The monoisotopic (exact) mass is 536 g/mol. The summed E-state index contributed by atoms with van der Waals surface area (Å²) in [5.41, 5.74) is 1.29. The Labute approximate surface area is 236 Å². The Morgan fingerprint density at radius 3 is 2.41 bits per heavy atom. The summed E-state index contributed by atoms with van der Waals surface area (Å²) in [6, 6.07) is 6.29. The van der Waals surface area contributed by atoms with Crippen molar-refractivity contribution in [2.45, 2.75) is 111 Å². The molecular weight excluding hydrogens is 484 g/mol. The molecule has 0 aliphatic heterocycles. The SMILES string of the molecule is CC(CCCC(C)[C@H]1CC[C@H]2[C@@H]3CCC4CCCC[C@]4(C)[C@H]3CC[C@]12C)COC(=O)c1ccccc1C(=O)O. The van der Waals surface area contributed by atoms with Crippen LogP contribution in [0.5, 0.6) is 0 Å². The molecule has 4 saturated carbocycles. The van der Waals surface area contributed by atoms with Crippen LogP contribution in [0.4, 0.5) is 0 Å². The van der Waals surface area contributed by atoms with Gasteiger partial charge in [-0.15, -0.1) is 0 Å². The number of carboxylic acids is 1. The predicted octanol–water partition coefficient (Wildman–Crippen LogP) is 9.03. The molecule has 0 aromatic heterocycles. The fraction of sp³-hybridized carbons (Fsp3) is 0.771. The van der Waals surface area contributed by atoms with Crippen LogP contribution in [0.2, 0.25) is 0 Å². The van der Waals surface area contributed by atoms with Gasteiger partial charge < -0.3 is 9.84 Å². The van der Waals surface area contributed by atoms with Crippen molar-refractivity contribution < 1.29 is 19.4 Å². The highest BCUT2D eigenvalue weighted by atomic mass is 16.5. The first-order valence-corrected chi connectivity index (χ1v) is 16.1. The number of hydrogen-bond donors (Lipinski definition) is 1. The van der Waals surface area contributed by atoms with Crippen LogP contribution in [-0.2, 0) is 4.74 Å². The number of carbonyl (C=O) groups excluding carboxylic acids is 1. The number of esters is 1. The summed E-state index contributed by atoms with van der Waals surface area (Å²) in [4.78, 5) is 23.9. The molecule has 4 aliphatic carbocycles. The van der Waals surface area contributed by atoms with Gasteiger partial charge in [0, 0.05) is 0 Å². The summed E-state index contributed by atoms with van der Waals surface area (Å²) in [5.74, 6) is 4.12. The molecule has 5 rings (SSSR count). The number of carbonyl (C=O) groups is 2. The summed E-state index contributed by atoms with van der Waals surface area (Å²) in [5, 5.41) is 9.35. The number of aromatic carboxylic acids is 1. The summed E-state index contributed by atoms with van der Waals surface area (Å²) in [7, 11) is 0. The summed E-state index contributed by atoms with van der Waals surface area (Å²) in [6.07, 6.45) is 18.2. The molecule has 0 heterocycles. The van der Waals surface area contributed by atoms with Crippen molar-refractivity contribution in [1.82, 2.24) is 0 Å². The zero-order chi connectivity index (χ0) is 27.8. The number of benzene rings is 1. The van der Waals surface area contributed by atoms with Gasteiger partial charge in [-0.1, -0.05) is 65.5 Å². The van der Waals surface area contributed by atoms with Gasteiger partial charge >= 0.3 is 11.9 Å². The Hall–Kier alpha value is -1.84. The maximum Gasteiger partial charge on any atom is 0.339 e. The maximum absolute atomic E-state index is 12.5. The Kier molecular flexibility index (Phi) is 8.51. The normalized spacial score (nSPS) is 37.2. The molecule has 9 atom stereocenters. The van der Waals surface area contributed by atoms with Crippen LogP contribution in [0.1, 0.15) is 132 Å². The van der Waals surface area contributed by atoms with Crippen molar-refractivity contribution in [1.29, 1.82) is 0 Å². The molecule has 1 aromatic rings. The minimum absolute atomic E-state index is 0.00210. The van der Waals surface area contributed by atoms with Crippen molar-refractivity contribution in [2.24, 2.45) is 52.3 Å². The van der Waals surface area contributed by atoms with E-state index in [0.29, 0.717) is 17.4 Å². The van der Waals surface area contributed by atoms with Crippen molar-refractivity contribution in [3.8, 4) is 0 Å². The van der Waals surface area contributed by atoms with Gasteiger partial charge in [-0.05, 0) is 122 Å². The fourth-order valence-corrected chi connectivity index (χ4v) is 10.5. The van der Waals surface area contributed by atoms with Gasteiger partial charge in [0.25, 0.3) is 0 Å². The lowest BCUT2D eigenvalue weighted by atomic mass is 9.44. The van der Waals surface area contributed by atoms with E-state index < -0.39 is 11.9 Å². The van der Waals surface area contributed by atoms with Gasteiger partial charge in [0.15, 0.2) is 0 Å². The van der Waals surface area contributed by atoms with Crippen LogP contribution in [0.15, 0.2) is 24.3 Å². The van der Waals surface area contributed by atoms with E-state index in [4.69, 9.17) is 4.74 Å². The molecule has 0 radical (unpaired) electrons. The highest BCUT2D eigenvalue weighted by Gasteiger charge is 2.60. The Morgan fingerprint density at radius 2 is 1.64 bits per heavy atom. The Morgan fingerprint density at radius 1 is 0.897 bits per heavy atom. The van der Waals surface area contributed by atoms with Crippen molar-refractivity contribution >= 4 is 11.9 Å². The van der Waals surface area contributed by atoms with E-state index in [1.165, 1.54) is 82.8 Å². The van der Waals surface area contributed by atoms with Crippen LogP contribution >= 0.6 is 0 Å². The largest absolute Gasteiger partial charge is 0.478 e. The van der Waals surface area contributed by atoms with Gasteiger partial charge in [0.05, 0.1) is 17.7 Å². The average Bonchev–Trinajstić information content (AvgIpc) is 3.28. The van der Waals surface area contributed by atoms with Crippen LogP contribution < -0.4 is 0 Å². The third-order valence-corrected chi connectivity index (χ3v) is 12.6. The number of fused-ring (bicyclic) bond motifs is 5. The molecule has 39 heavy (non-hydrogen) atoms. The zero-order valence-corrected chi connectivity index (χ0v) is 24.9. The lowest BCUT2D eigenvalue weighted by Crippen LogP contribution is -2.53. The Bertz CT molecular complexity index is 1030. The molecule has 3 unspecified atom stereocenters. The van der Waals surface area contributed by atoms with Crippen LogP contribution in [0.3, 0.4) is 0 Å². The first kappa shape index (κ1) is 28.7. The van der Waals surface area contributed by atoms with Gasteiger partial charge in [-0.25, -0.2) is 9.59 Å². The quantitative estimate of drug-likeness (QED) is 0.320. The minimum atomic E-state index is -1.10. The summed E-state index contributed by atoms with van der Waals surface area (Å²) in [6.45, 7) is 10.4. The van der Waals surface area contributed by atoms with Gasteiger partial charge in [-0.3, -0.25) is 0 Å². The third-order valence-electron chi connectivity index (χ3n) is 12.6. The molecule has 0 amide bonds. The first-order valence-electron chi connectivity index (χ1n) is 16.1.